The summed E-state index contributed by atoms with van der Waals surface area (Å²) >= 11 is 0. The van der Waals surface area contributed by atoms with Crippen molar-refractivity contribution in [2.75, 3.05) is 41.1 Å². The molecule has 0 aromatic carbocycles. The Hall–Kier alpha value is -1.58. The molecule has 0 radical (unpaired) electrons. The van der Waals surface area contributed by atoms with Crippen molar-refractivity contribution in [2.45, 2.75) is 179 Å². The van der Waals surface area contributed by atoms with Gasteiger partial charge in [0.1, 0.15) is 23.9 Å². The Bertz CT molecular complexity index is 1550. The maximum atomic E-state index is 14.3. The number of nitrogens with zero attached hydrogens (tertiary/aromatic N) is 1. The summed E-state index contributed by atoms with van der Waals surface area (Å²) < 4.78 is 99.7. The van der Waals surface area contributed by atoms with Crippen LogP contribution in [0.4, 0.5) is 0 Å². The average Bonchev–Trinajstić information content (AvgIpc) is 3.18. The molecule has 3 heterocycles. The van der Waals surface area contributed by atoms with Crippen molar-refractivity contribution in [1.82, 2.24) is 5.32 Å². The van der Waals surface area contributed by atoms with Gasteiger partial charge in [0.2, 0.25) is 6.79 Å². The van der Waals surface area contributed by atoms with Gasteiger partial charge in [-0.3, -0.25) is 4.79 Å². The molecule has 334 valence electrons. The zero-order chi connectivity index (χ0) is 49.1. The lowest BCUT2D eigenvalue weighted by molar-refractivity contribution is -0.315. The molecule has 3 rings (SSSR count). The van der Waals surface area contributed by atoms with Crippen molar-refractivity contribution in [3.63, 3.8) is 0 Å². The molecule has 17 nitrogen and oxygen atoms in total. The first-order valence-corrected chi connectivity index (χ1v) is 19.8. The largest absolute Gasteiger partial charge is 0.459 e. The summed E-state index contributed by atoms with van der Waals surface area (Å²) in [6.07, 6.45) is -11.2. The van der Waals surface area contributed by atoms with E-state index in [0.29, 0.717) is 6.42 Å². The summed E-state index contributed by atoms with van der Waals surface area (Å²) in [6, 6.07) is -0.469. The Kier molecular flexibility index (Phi) is 14.8. The Labute approximate surface area is 348 Å². The molecule has 0 unspecified atom stereocenters. The van der Waals surface area contributed by atoms with Gasteiger partial charge in [-0.25, -0.2) is 0 Å². The fraction of sp³-hybridized carbons (Fsp3) is 0.950. The number of hydrogen-bond donors (Lipinski definition) is 6. The van der Waals surface area contributed by atoms with E-state index in [-0.39, 0.29) is 25.0 Å². The molecule has 0 amide bonds. The standard InChI is InChI=1S/C40H74N2O15/c1-14-28-40(10,48)33(44)23(4)30(42-52-20-51-16-15-49-12)21(2)18-38(8,47)35(57-37-31(43)27(41-11)17-22(3)53-37)24(5)32(25(6)36(46)55-28)56-29-19-39(9,50-13)34(45)26(7)54-29/h21-29,31-35,37,41,43-45,47-48H,14-20H2,1-13H3/b42-30-/t21-,22-,23+,24+,25-,26+,27+,28-,29+,31-,32+,33-,34+,35-,37+,38-,39-,40-/m1/s1/i12D3,15D2,16D2. The van der Waals surface area contributed by atoms with Crippen LogP contribution in [0.1, 0.15) is 105 Å². The van der Waals surface area contributed by atoms with Crippen LogP contribution in [0, 0.1) is 23.7 Å². The van der Waals surface area contributed by atoms with Crippen molar-refractivity contribution in [1.29, 1.82) is 0 Å². The first kappa shape index (κ1) is 39.5. The Morgan fingerprint density at radius 2 is 1.67 bits per heavy atom. The number of carbonyl (C=O) groups is 1. The van der Waals surface area contributed by atoms with Crippen LogP contribution in [0.2, 0.25) is 0 Å². The lowest BCUT2D eigenvalue weighted by Crippen LogP contribution is -2.61. The number of aliphatic hydroxyl groups excluding tert-OH is 3. The van der Waals surface area contributed by atoms with E-state index in [0.717, 1.165) is 0 Å². The molecular formula is C40H74N2O15. The van der Waals surface area contributed by atoms with Crippen molar-refractivity contribution < 1.29 is 82.7 Å². The normalized spacial score (nSPS) is 48.9. The van der Waals surface area contributed by atoms with E-state index in [9.17, 15) is 30.3 Å². The quantitative estimate of drug-likeness (QED) is 0.0675. The van der Waals surface area contributed by atoms with Gasteiger partial charge in [0.15, 0.2) is 12.6 Å². The van der Waals surface area contributed by atoms with E-state index in [4.69, 9.17) is 47.6 Å². The van der Waals surface area contributed by atoms with Gasteiger partial charge in [-0.15, -0.1) is 0 Å². The van der Waals surface area contributed by atoms with E-state index < -0.39 is 141 Å². The van der Waals surface area contributed by atoms with Gasteiger partial charge in [-0.1, -0.05) is 32.9 Å². The molecule has 0 bridgehead atoms. The van der Waals surface area contributed by atoms with Gasteiger partial charge in [0.25, 0.3) is 0 Å². The number of cyclic esters (lactones) is 1. The van der Waals surface area contributed by atoms with Crippen LogP contribution in [-0.4, -0.2) is 163 Å². The molecule has 0 spiro atoms. The SMILES string of the molecule is [2H]C([2H])([2H])OC([2H])([2H])C([2H])([2H])OCO/N=C1/[C@H](C)C[C@@](C)(O)[C@H](O[C@@H]2O[C@H](C)C[C@H](NC)[C@H]2O)[C@@H](C)[C@H](O[C@H]2C[C@@](C)(OC)[C@@H](O)[C@H](C)O2)[C@@H](C)C(=O)O[C@H](CC)[C@@](C)(O)[C@H](O)[C@H]1C. The van der Waals surface area contributed by atoms with Gasteiger partial charge in [-0.05, 0) is 67.9 Å². The molecule has 0 aromatic rings. The maximum Gasteiger partial charge on any atom is 0.311 e. The Balaban J connectivity index is 2.21. The smallest absolute Gasteiger partial charge is 0.311 e. The van der Waals surface area contributed by atoms with Crippen LogP contribution in [-0.2, 0) is 47.5 Å². The van der Waals surface area contributed by atoms with Crippen molar-refractivity contribution in [3.8, 4) is 0 Å². The highest BCUT2D eigenvalue weighted by Crippen LogP contribution is 2.41. The number of hydrogen-bond acceptors (Lipinski definition) is 17. The molecule has 57 heavy (non-hydrogen) atoms. The molecule has 0 saturated carbocycles. The van der Waals surface area contributed by atoms with Gasteiger partial charge < -0.3 is 73.6 Å². The second kappa shape index (κ2) is 21.3. The van der Waals surface area contributed by atoms with Crippen LogP contribution >= 0.6 is 0 Å². The van der Waals surface area contributed by atoms with Crippen LogP contribution < -0.4 is 5.32 Å². The maximum absolute atomic E-state index is 14.3. The van der Waals surface area contributed by atoms with E-state index in [2.05, 4.69) is 15.2 Å². The second-order valence-electron chi connectivity index (χ2n) is 16.6. The van der Waals surface area contributed by atoms with Crippen LogP contribution in [0.5, 0.6) is 0 Å². The predicted octanol–water partition coefficient (Wildman–Crippen LogP) is 1.87. The summed E-state index contributed by atoms with van der Waals surface area (Å²) in [5, 5.41) is 66.3. The number of carbonyl (C=O) groups excluding carboxylic acids is 1. The monoisotopic (exact) mass is 830 g/mol. The first-order valence-electron chi connectivity index (χ1n) is 23.3. The minimum absolute atomic E-state index is 0.0171. The van der Waals surface area contributed by atoms with E-state index in [1.165, 1.54) is 27.9 Å². The average molecular weight is 830 g/mol. The summed E-state index contributed by atoms with van der Waals surface area (Å²) in [7, 11) is -0.198. The number of methoxy groups -OCH3 is 2. The highest BCUT2D eigenvalue weighted by atomic mass is 16.7. The molecule has 6 N–H and O–H groups in total. The van der Waals surface area contributed by atoms with Crippen molar-refractivity contribution >= 4 is 11.7 Å². The third kappa shape index (κ3) is 12.0. The third-order valence-corrected chi connectivity index (χ3v) is 12.0. The zero-order valence-corrected chi connectivity index (χ0v) is 35.5. The van der Waals surface area contributed by atoms with Gasteiger partial charge >= 0.3 is 5.97 Å². The third-order valence-electron chi connectivity index (χ3n) is 12.0. The summed E-state index contributed by atoms with van der Waals surface area (Å²) in [5.41, 5.74) is -5.27. The summed E-state index contributed by atoms with van der Waals surface area (Å²) in [5.74, 6) is -5.04. The Morgan fingerprint density at radius 1 is 0.982 bits per heavy atom. The predicted molar refractivity (Wildman–Crippen MR) is 208 cm³/mol. The number of aliphatic hydroxyl groups is 5. The van der Waals surface area contributed by atoms with Gasteiger partial charge in [0, 0.05) is 44.4 Å². The fourth-order valence-corrected chi connectivity index (χ4v) is 8.60. The molecule has 0 aliphatic carbocycles. The van der Waals surface area contributed by atoms with Crippen molar-refractivity contribution in [2.24, 2.45) is 28.8 Å². The summed E-state index contributed by atoms with van der Waals surface area (Å²) in [6.45, 7) is 7.89. The minimum Gasteiger partial charge on any atom is -0.459 e. The molecule has 17 heteroatoms. The molecule has 0 aromatic heterocycles. The number of nitrogens with one attached hydrogen (secondary N) is 1. The summed E-state index contributed by atoms with van der Waals surface area (Å²) in [4.78, 5) is 19.7. The van der Waals surface area contributed by atoms with Crippen LogP contribution in [0.15, 0.2) is 5.16 Å². The Morgan fingerprint density at radius 3 is 2.28 bits per heavy atom. The first-order chi connectivity index (χ1) is 29.2. The van der Waals surface area contributed by atoms with Crippen LogP contribution in [0.3, 0.4) is 0 Å². The molecule has 3 aliphatic rings. The number of rotatable bonds is 13. The second-order valence-corrected chi connectivity index (χ2v) is 16.6. The number of likely N-dealkylation sites (N-methyl/N-ethyl adjacent to an activating group) is 1. The van der Waals surface area contributed by atoms with Crippen molar-refractivity contribution in [3.05, 3.63) is 0 Å². The molecule has 3 saturated heterocycles. The molecular weight excluding hydrogens is 748 g/mol. The minimum atomic E-state index is -3.47. The van der Waals surface area contributed by atoms with Gasteiger partial charge in [0.05, 0.1) is 76.1 Å². The molecule has 18 atom stereocenters. The highest BCUT2D eigenvalue weighted by molar-refractivity contribution is 5.88. The molecule has 3 fully saturated rings. The topological polar surface area (TPSA) is 226 Å². The zero-order valence-electron chi connectivity index (χ0n) is 42.5. The van der Waals surface area contributed by atoms with E-state index in [1.54, 1.807) is 55.5 Å². The fourth-order valence-electron chi connectivity index (χ4n) is 8.60. The number of ether oxygens (including phenoxy) is 8. The van der Waals surface area contributed by atoms with E-state index >= 15 is 0 Å². The lowest BCUT2D eigenvalue weighted by atomic mass is 9.73. The van der Waals surface area contributed by atoms with Gasteiger partial charge in [-0.2, -0.15) is 0 Å². The molecule has 3 aliphatic heterocycles. The number of esters is 1. The lowest BCUT2D eigenvalue weighted by Gasteiger charge is -2.49. The van der Waals surface area contributed by atoms with E-state index in [1.807, 2.05) is 0 Å². The van der Waals surface area contributed by atoms with Crippen LogP contribution in [0.25, 0.3) is 0 Å². The highest BCUT2D eigenvalue weighted by Gasteiger charge is 2.53. The number of oxime groups is 1.